The molecule has 2 aromatic heterocycles. The first-order chi connectivity index (χ1) is 14.2. The summed E-state index contributed by atoms with van der Waals surface area (Å²) < 4.78 is 0. The van der Waals surface area contributed by atoms with Crippen molar-refractivity contribution in [3.05, 3.63) is 58.8 Å². The number of benzene rings is 1. The summed E-state index contributed by atoms with van der Waals surface area (Å²) in [6.45, 7) is 2.87. The normalized spacial score (nSPS) is 16.7. The highest BCUT2D eigenvalue weighted by atomic mass is 35.5. The van der Waals surface area contributed by atoms with E-state index in [4.69, 9.17) is 16.6 Å². The number of fused-ring (bicyclic) bond motifs is 2. The van der Waals surface area contributed by atoms with E-state index in [9.17, 15) is 4.79 Å². The molecule has 0 bridgehead atoms. The van der Waals surface area contributed by atoms with E-state index in [0.717, 1.165) is 53.2 Å². The number of rotatable bonds is 2. The lowest BCUT2D eigenvalue weighted by atomic mass is 9.94. The van der Waals surface area contributed by atoms with Crippen LogP contribution in [-0.2, 0) is 12.8 Å². The molecule has 0 unspecified atom stereocenters. The molecule has 3 heterocycles. The number of hydrogen-bond acceptors (Lipinski definition) is 5. The lowest BCUT2D eigenvalue weighted by Crippen LogP contribution is -2.49. The van der Waals surface area contributed by atoms with Crippen molar-refractivity contribution in [3.8, 4) is 0 Å². The summed E-state index contributed by atoms with van der Waals surface area (Å²) in [7, 11) is 0. The molecule has 6 nitrogen and oxygen atoms in total. The minimum Gasteiger partial charge on any atom is -0.368 e. The predicted octanol–water partition coefficient (Wildman–Crippen LogP) is 3.52. The minimum absolute atomic E-state index is 0.0589. The maximum atomic E-state index is 12.6. The topological polar surface area (TPSA) is 62.2 Å². The summed E-state index contributed by atoms with van der Waals surface area (Å²) in [6.07, 6.45) is 9.06. The molecule has 0 atom stereocenters. The van der Waals surface area contributed by atoms with Crippen molar-refractivity contribution in [2.24, 2.45) is 0 Å². The first-order valence-electron chi connectivity index (χ1n) is 10.1. The molecule has 3 aromatic rings. The number of aromatic nitrogens is 3. The zero-order chi connectivity index (χ0) is 19.8. The van der Waals surface area contributed by atoms with Crippen LogP contribution in [-0.4, -0.2) is 51.9 Å². The zero-order valence-electron chi connectivity index (χ0n) is 16.1. The maximum absolute atomic E-state index is 12.6. The standard InChI is InChI=1S/C22H22ClN5O/c23-21-16-3-1-2-4-18(16)26-19-13-15(5-6-17(19)21)27-9-11-28(12-10-27)22(29)20-14-24-7-8-25-20/h5-8,13-14H,1-4,9-12H2. The van der Waals surface area contributed by atoms with Crippen LogP contribution in [0.5, 0.6) is 0 Å². The predicted molar refractivity (Wildman–Crippen MR) is 114 cm³/mol. The van der Waals surface area contributed by atoms with Crippen LogP contribution in [0.15, 0.2) is 36.8 Å². The minimum atomic E-state index is -0.0589. The van der Waals surface area contributed by atoms with Gasteiger partial charge in [-0.25, -0.2) is 4.98 Å². The van der Waals surface area contributed by atoms with Gasteiger partial charge in [0.25, 0.3) is 5.91 Å². The van der Waals surface area contributed by atoms with Crippen LogP contribution in [0.3, 0.4) is 0 Å². The highest BCUT2D eigenvalue weighted by Gasteiger charge is 2.24. The molecule has 0 radical (unpaired) electrons. The van der Waals surface area contributed by atoms with Gasteiger partial charge in [-0.3, -0.25) is 14.8 Å². The molecule has 7 heteroatoms. The Morgan fingerprint density at radius 2 is 1.86 bits per heavy atom. The van der Waals surface area contributed by atoms with Gasteiger partial charge in [0.2, 0.25) is 0 Å². The van der Waals surface area contributed by atoms with Crippen LogP contribution in [0.25, 0.3) is 10.9 Å². The third-order valence-electron chi connectivity index (χ3n) is 5.89. The summed E-state index contributed by atoms with van der Waals surface area (Å²) in [5.74, 6) is -0.0589. The Morgan fingerprint density at radius 1 is 1.03 bits per heavy atom. The molecule has 1 amide bonds. The number of aryl methyl sites for hydroxylation is 1. The molecule has 1 fully saturated rings. The number of halogens is 1. The molecule has 1 aromatic carbocycles. The average Bonchev–Trinajstić information content (AvgIpc) is 2.79. The van der Waals surface area contributed by atoms with E-state index < -0.39 is 0 Å². The van der Waals surface area contributed by atoms with Gasteiger partial charge >= 0.3 is 0 Å². The highest BCUT2D eigenvalue weighted by Crippen LogP contribution is 2.34. The van der Waals surface area contributed by atoms with Gasteiger partial charge in [0.15, 0.2) is 0 Å². The fourth-order valence-corrected chi connectivity index (χ4v) is 4.65. The number of piperazine rings is 1. The molecular weight excluding hydrogens is 386 g/mol. The van der Waals surface area contributed by atoms with Gasteiger partial charge in [0.05, 0.1) is 16.7 Å². The van der Waals surface area contributed by atoms with Crippen molar-refractivity contribution in [3.63, 3.8) is 0 Å². The summed E-state index contributed by atoms with van der Waals surface area (Å²) in [5, 5.41) is 1.91. The lowest BCUT2D eigenvalue weighted by molar-refractivity contribution is 0.0740. The van der Waals surface area contributed by atoms with E-state index in [2.05, 4.69) is 33.1 Å². The molecule has 1 aliphatic carbocycles. The fraction of sp³-hybridized carbons (Fsp3) is 0.364. The van der Waals surface area contributed by atoms with E-state index in [1.807, 2.05) is 4.90 Å². The van der Waals surface area contributed by atoms with E-state index in [1.165, 1.54) is 24.6 Å². The summed E-state index contributed by atoms with van der Waals surface area (Å²) in [5.41, 5.74) is 4.88. The second-order valence-corrected chi connectivity index (χ2v) is 8.01. The van der Waals surface area contributed by atoms with Crippen LogP contribution in [0, 0.1) is 0 Å². The van der Waals surface area contributed by atoms with E-state index in [-0.39, 0.29) is 5.91 Å². The Hall–Kier alpha value is -2.73. The third-order valence-corrected chi connectivity index (χ3v) is 6.32. The molecule has 0 N–H and O–H groups in total. The second-order valence-electron chi connectivity index (χ2n) is 7.63. The Labute approximate surface area is 174 Å². The molecule has 148 valence electrons. The van der Waals surface area contributed by atoms with Crippen LogP contribution in [0.4, 0.5) is 5.69 Å². The molecule has 0 saturated carbocycles. The molecule has 2 aliphatic rings. The van der Waals surface area contributed by atoms with E-state index in [1.54, 1.807) is 12.4 Å². The number of carbonyl (C=O) groups excluding carboxylic acids is 1. The van der Waals surface area contributed by atoms with Crippen molar-refractivity contribution in [1.82, 2.24) is 19.9 Å². The van der Waals surface area contributed by atoms with Crippen molar-refractivity contribution >= 4 is 34.1 Å². The highest BCUT2D eigenvalue weighted by molar-refractivity contribution is 6.36. The number of anilines is 1. The van der Waals surface area contributed by atoms with Crippen molar-refractivity contribution in [2.45, 2.75) is 25.7 Å². The third kappa shape index (κ3) is 3.42. The first kappa shape index (κ1) is 18.3. The number of nitrogens with zero attached hydrogens (tertiary/aromatic N) is 5. The lowest BCUT2D eigenvalue weighted by Gasteiger charge is -2.36. The van der Waals surface area contributed by atoms with Crippen LogP contribution < -0.4 is 4.90 Å². The number of pyridine rings is 1. The molecular formula is C22H22ClN5O. The molecule has 0 spiro atoms. The van der Waals surface area contributed by atoms with Gasteiger partial charge in [-0.05, 0) is 49.4 Å². The van der Waals surface area contributed by atoms with Crippen molar-refractivity contribution in [2.75, 3.05) is 31.1 Å². The Morgan fingerprint density at radius 3 is 2.66 bits per heavy atom. The molecule has 29 heavy (non-hydrogen) atoms. The van der Waals surface area contributed by atoms with Gasteiger partial charge in [0.1, 0.15) is 5.69 Å². The smallest absolute Gasteiger partial charge is 0.274 e. The van der Waals surface area contributed by atoms with Crippen molar-refractivity contribution < 1.29 is 4.79 Å². The Bertz CT molecular complexity index is 1060. The quantitative estimate of drug-likeness (QED) is 0.650. The largest absolute Gasteiger partial charge is 0.368 e. The number of carbonyl (C=O) groups is 1. The van der Waals surface area contributed by atoms with Crippen LogP contribution in [0.1, 0.15) is 34.6 Å². The SMILES string of the molecule is O=C(c1cnccn1)N1CCN(c2ccc3c(Cl)c4c(nc3c2)CCCC4)CC1. The summed E-state index contributed by atoms with van der Waals surface area (Å²) in [4.78, 5) is 29.7. The van der Waals surface area contributed by atoms with Gasteiger partial charge in [-0.15, -0.1) is 0 Å². The zero-order valence-corrected chi connectivity index (χ0v) is 16.9. The molecule has 1 saturated heterocycles. The van der Waals surface area contributed by atoms with Crippen molar-refractivity contribution in [1.29, 1.82) is 0 Å². The van der Waals surface area contributed by atoms with Crippen LogP contribution in [0.2, 0.25) is 5.02 Å². The maximum Gasteiger partial charge on any atom is 0.274 e. The van der Waals surface area contributed by atoms with E-state index in [0.29, 0.717) is 18.8 Å². The van der Waals surface area contributed by atoms with Crippen LogP contribution >= 0.6 is 11.6 Å². The average molecular weight is 408 g/mol. The van der Waals surface area contributed by atoms with Gasteiger partial charge in [-0.2, -0.15) is 0 Å². The molecule has 5 rings (SSSR count). The first-order valence-corrected chi connectivity index (χ1v) is 10.5. The fourth-order valence-electron chi connectivity index (χ4n) is 4.29. The molecule has 1 aliphatic heterocycles. The van der Waals surface area contributed by atoms with Gasteiger partial charge in [-0.1, -0.05) is 11.6 Å². The van der Waals surface area contributed by atoms with Gasteiger partial charge in [0, 0.05) is 55.3 Å². The Balaban J connectivity index is 1.35. The summed E-state index contributed by atoms with van der Waals surface area (Å²) >= 11 is 6.70. The number of amides is 1. The monoisotopic (exact) mass is 407 g/mol. The Kier molecular flexibility index (Phi) is 4.79. The second kappa shape index (κ2) is 7.59. The van der Waals surface area contributed by atoms with Gasteiger partial charge < -0.3 is 9.80 Å². The number of hydrogen-bond donors (Lipinski definition) is 0. The summed E-state index contributed by atoms with van der Waals surface area (Å²) in [6, 6.07) is 6.34. The van der Waals surface area contributed by atoms with E-state index >= 15 is 0 Å².